The van der Waals surface area contributed by atoms with Crippen LogP contribution < -0.4 is 0 Å². The standard InChI is InChI=1S/C13H24Cl2N12O8P2/c14-9-13(10-15,11-34-36(28,30-5-1-20-24-16)31-6-2-21-25-17)12-35-37(29,32-7-3-22-26-18)33-8-4-23-27-19/h1-12H2. The molecule has 0 saturated carbocycles. The van der Waals surface area contributed by atoms with Gasteiger partial charge in [0.25, 0.3) is 0 Å². The largest absolute Gasteiger partial charge is 0.474 e. The molecule has 0 aliphatic rings. The molecule has 0 radical (unpaired) electrons. The van der Waals surface area contributed by atoms with Gasteiger partial charge in [-0.05, 0) is 22.1 Å². The number of azide groups is 4. The van der Waals surface area contributed by atoms with Crippen LogP contribution >= 0.6 is 38.8 Å². The molecular formula is C13H24Cl2N12O8P2. The van der Waals surface area contributed by atoms with Gasteiger partial charge >= 0.3 is 15.6 Å². The van der Waals surface area contributed by atoms with Crippen molar-refractivity contribution in [2.75, 3.05) is 77.6 Å². The maximum Gasteiger partial charge on any atom is 0.474 e. The number of hydrogen-bond donors (Lipinski definition) is 0. The molecule has 0 aromatic rings. The van der Waals surface area contributed by atoms with Crippen LogP contribution in [0.1, 0.15) is 0 Å². The van der Waals surface area contributed by atoms with Gasteiger partial charge in [0.05, 0.1) is 39.6 Å². The maximum absolute atomic E-state index is 13.0. The number of nitrogens with zero attached hydrogens (tertiary/aromatic N) is 12. The van der Waals surface area contributed by atoms with E-state index in [1.165, 1.54) is 0 Å². The summed E-state index contributed by atoms with van der Waals surface area (Å²) < 4.78 is 57.0. The first kappa shape index (κ1) is 35.0. The average Bonchev–Trinajstić information content (AvgIpc) is 2.90. The van der Waals surface area contributed by atoms with Crippen LogP contribution in [0.2, 0.25) is 0 Å². The number of halogens is 2. The fraction of sp³-hybridized carbons (Fsp3) is 1.00. The summed E-state index contributed by atoms with van der Waals surface area (Å²) >= 11 is 12.1. The Bertz CT molecular complexity index is 837. The Labute approximate surface area is 220 Å². The third kappa shape index (κ3) is 16.5. The normalized spacial score (nSPS) is 14.1. The summed E-state index contributed by atoms with van der Waals surface area (Å²) in [6.45, 7) is -3.08. The third-order valence-electron chi connectivity index (χ3n) is 3.64. The zero-order valence-electron chi connectivity index (χ0n) is 19.3. The number of alkyl halides is 2. The van der Waals surface area contributed by atoms with Gasteiger partial charge in [0, 0.05) is 63.0 Å². The Morgan fingerprint density at radius 1 is 0.568 bits per heavy atom. The second-order valence-corrected chi connectivity index (χ2v) is 10.2. The fourth-order valence-corrected chi connectivity index (χ4v) is 4.97. The van der Waals surface area contributed by atoms with Crippen molar-refractivity contribution in [2.24, 2.45) is 25.9 Å². The zero-order chi connectivity index (χ0) is 27.9. The predicted octanol–water partition coefficient (Wildman–Crippen LogP) is 6.01. The first-order valence-electron chi connectivity index (χ1n) is 10.0. The lowest BCUT2D eigenvalue weighted by Crippen LogP contribution is -2.36. The highest BCUT2D eigenvalue weighted by Gasteiger charge is 2.39. The summed E-state index contributed by atoms with van der Waals surface area (Å²) in [4.78, 5) is 10.1. The Hall–Kier alpha value is -1.96. The molecule has 0 bridgehead atoms. The smallest absolute Gasteiger partial charge is 0.287 e. The van der Waals surface area contributed by atoms with Crippen molar-refractivity contribution in [3.05, 3.63) is 41.8 Å². The summed E-state index contributed by atoms with van der Waals surface area (Å²) in [7, 11) is -8.60. The third-order valence-corrected chi connectivity index (χ3v) is 7.66. The van der Waals surface area contributed by atoms with Crippen molar-refractivity contribution < 1.29 is 36.3 Å². The first-order chi connectivity index (χ1) is 17.8. The van der Waals surface area contributed by atoms with E-state index in [2.05, 4.69) is 40.1 Å². The van der Waals surface area contributed by atoms with E-state index < -0.39 is 34.3 Å². The molecule has 24 heteroatoms. The van der Waals surface area contributed by atoms with Crippen LogP contribution in [0, 0.1) is 5.41 Å². The molecule has 0 rings (SSSR count). The monoisotopic (exact) mass is 608 g/mol. The lowest BCUT2D eigenvalue weighted by Gasteiger charge is -2.31. The van der Waals surface area contributed by atoms with Gasteiger partial charge in [-0.15, -0.1) is 23.2 Å². The van der Waals surface area contributed by atoms with Crippen LogP contribution in [-0.4, -0.2) is 77.6 Å². The number of phosphoric ester groups is 2. The number of rotatable bonds is 24. The quantitative estimate of drug-likeness (QED) is 0.0311. The molecule has 208 valence electrons. The molecule has 0 unspecified atom stereocenters. The molecule has 0 spiro atoms. The molecule has 0 saturated heterocycles. The minimum atomic E-state index is -4.30. The van der Waals surface area contributed by atoms with Crippen molar-refractivity contribution in [2.45, 2.75) is 0 Å². The van der Waals surface area contributed by atoms with E-state index >= 15 is 0 Å². The van der Waals surface area contributed by atoms with Crippen molar-refractivity contribution in [1.29, 1.82) is 0 Å². The van der Waals surface area contributed by atoms with Gasteiger partial charge in [0.2, 0.25) is 0 Å². The molecule has 37 heavy (non-hydrogen) atoms. The highest BCUT2D eigenvalue weighted by molar-refractivity contribution is 7.48. The molecule has 0 aliphatic carbocycles. The van der Waals surface area contributed by atoms with E-state index in [-0.39, 0.29) is 64.4 Å². The van der Waals surface area contributed by atoms with Gasteiger partial charge in [0.1, 0.15) is 0 Å². The van der Waals surface area contributed by atoms with Crippen LogP contribution in [0.3, 0.4) is 0 Å². The van der Waals surface area contributed by atoms with E-state index in [1.54, 1.807) is 0 Å². The average molecular weight is 609 g/mol. The molecule has 0 aliphatic heterocycles. The predicted molar refractivity (Wildman–Crippen MR) is 131 cm³/mol. The summed E-state index contributed by atoms with van der Waals surface area (Å²) in [5.41, 5.74) is 32.1. The van der Waals surface area contributed by atoms with Crippen LogP contribution in [0.5, 0.6) is 0 Å². The Kier molecular flexibility index (Phi) is 19.9. The minimum Gasteiger partial charge on any atom is -0.287 e. The minimum absolute atomic E-state index is 0.188. The van der Waals surface area contributed by atoms with E-state index in [0.717, 1.165) is 0 Å². The maximum atomic E-state index is 13.0. The van der Waals surface area contributed by atoms with Crippen molar-refractivity contribution in [3.63, 3.8) is 0 Å². The SMILES string of the molecule is [N-]=[N+]=NCCOP(=O)(OCCN=[N+]=[N-])OCC(CCl)(CCl)COP(=O)(OCCN=[N+]=[N-])OCCN=[N+]=[N-]. The fourth-order valence-electron chi connectivity index (χ4n) is 1.84. The van der Waals surface area contributed by atoms with Crippen LogP contribution in [0.25, 0.3) is 41.8 Å². The lowest BCUT2D eigenvalue weighted by atomic mass is 9.96. The van der Waals surface area contributed by atoms with Gasteiger partial charge in [-0.3, -0.25) is 27.1 Å². The van der Waals surface area contributed by atoms with E-state index in [1.807, 2.05) is 0 Å². The molecule has 0 aromatic heterocycles. The van der Waals surface area contributed by atoms with Crippen molar-refractivity contribution in [3.8, 4) is 0 Å². The molecular weight excluding hydrogens is 585 g/mol. The Morgan fingerprint density at radius 2 is 0.838 bits per heavy atom. The first-order valence-corrected chi connectivity index (χ1v) is 14.0. The second-order valence-electron chi connectivity index (χ2n) is 6.36. The molecule has 0 atom stereocenters. The topological polar surface area (TPSA) is 285 Å². The van der Waals surface area contributed by atoms with Crippen LogP contribution in [-0.2, 0) is 36.3 Å². The van der Waals surface area contributed by atoms with Crippen molar-refractivity contribution >= 4 is 38.8 Å². The Morgan fingerprint density at radius 3 is 1.05 bits per heavy atom. The van der Waals surface area contributed by atoms with E-state index in [0.29, 0.717) is 0 Å². The summed E-state index contributed by atoms with van der Waals surface area (Å²) in [5.74, 6) is -0.517. The molecule has 0 heterocycles. The molecule has 20 nitrogen and oxygen atoms in total. The number of hydrogen-bond acceptors (Lipinski definition) is 12. The molecule has 0 fully saturated rings. The highest BCUT2D eigenvalue weighted by atomic mass is 35.5. The number of phosphoric acid groups is 2. The van der Waals surface area contributed by atoms with E-state index in [9.17, 15) is 9.13 Å². The van der Waals surface area contributed by atoms with Gasteiger partial charge < -0.3 is 0 Å². The molecule has 0 amide bonds. The van der Waals surface area contributed by atoms with Gasteiger partial charge in [-0.2, -0.15) is 0 Å². The summed E-state index contributed by atoms with van der Waals surface area (Å²) in [6.07, 6.45) is 0. The molecule has 0 N–H and O–H groups in total. The van der Waals surface area contributed by atoms with Crippen LogP contribution in [0.4, 0.5) is 0 Å². The molecule has 0 aromatic carbocycles. The van der Waals surface area contributed by atoms with Gasteiger partial charge in [0.15, 0.2) is 0 Å². The van der Waals surface area contributed by atoms with Crippen LogP contribution in [0.15, 0.2) is 20.5 Å². The van der Waals surface area contributed by atoms with Gasteiger partial charge in [-0.1, -0.05) is 20.5 Å². The zero-order valence-corrected chi connectivity index (χ0v) is 22.6. The van der Waals surface area contributed by atoms with E-state index in [4.69, 9.17) is 72.5 Å². The second kappa shape index (κ2) is 21.0. The van der Waals surface area contributed by atoms with Gasteiger partial charge in [-0.25, -0.2) is 9.13 Å². The summed E-state index contributed by atoms with van der Waals surface area (Å²) in [5, 5.41) is 12.9. The van der Waals surface area contributed by atoms with Crippen molar-refractivity contribution in [1.82, 2.24) is 0 Å². The lowest BCUT2D eigenvalue weighted by molar-refractivity contribution is 0.0440. The summed E-state index contributed by atoms with van der Waals surface area (Å²) in [6, 6.07) is 0. The Balaban J connectivity index is 5.46. The highest BCUT2D eigenvalue weighted by Crippen LogP contribution is 2.53.